The molecule has 2 amide bonds. The average molecular weight is 631 g/mol. The lowest BCUT2D eigenvalue weighted by Crippen LogP contribution is -2.54. The number of sulfonamides is 1. The van der Waals surface area contributed by atoms with Crippen LogP contribution in [-0.2, 0) is 32.6 Å². The Labute approximate surface area is 245 Å². The zero-order valence-electron chi connectivity index (χ0n) is 23.2. The SMILES string of the molecule is CC[C@H](C)NC(=O)[C@@H](Cc1ccccc1)N(Cc1cccc(Br)c1)C(=O)CN(c1ccc(OC)cc1)S(C)(=O)=O. The number of nitrogens with zero attached hydrogens (tertiary/aromatic N) is 2. The first kappa shape index (κ1) is 31.2. The molecule has 0 unspecified atom stereocenters. The molecule has 3 rings (SSSR count). The van der Waals surface area contributed by atoms with Gasteiger partial charge in [0, 0.05) is 23.5 Å². The van der Waals surface area contributed by atoms with Crippen molar-refractivity contribution in [2.24, 2.45) is 0 Å². The molecule has 214 valence electrons. The summed E-state index contributed by atoms with van der Waals surface area (Å²) in [5, 5.41) is 3.02. The van der Waals surface area contributed by atoms with E-state index in [1.807, 2.05) is 68.4 Å². The summed E-state index contributed by atoms with van der Waals surface area (Å²) in [6.07, 6.45) is 2.05. The lowest BCUT2D eigenvalue weighted by atomic mass is 10.0. The Morgan fingerprint density at radius 1 is 0.975 bits per heavy atom. The van der Waals surface area contributed by atoms with E-state index in [4.69, 9.17) is 4.74 Å². The van der Waals surface area contributed by atoms with Gasteiger partial charge in [0.2, 0.25) is 21.8 Å². The molecule has 3 aromatic carbocycles. The molecular formula is C30H36BrN3O5S. The summed E-state index contributed by atoms with van der Waals surface area (Å²) in [5.41, 5.74) is 2.00. The second-order valence-corrected chi connectivity index (χ2v) is 12.5. The molecule has 10 heteroatoms. The standard InChI is InChI=1S/C30H36BrN3O5S/c1-5-22(2)32-30(36)28(19-23-10-7-6-8-11-23)33(20-24-12-9-13-25(31)18-24)29(35)21-34(40(4,37)38)26-14-16-27(39-3)17-15-26/h6-18,22,28H,5,19-21H2,1-4H3,(H,32,36)/t22-,28+/m0/s1. The maximum atomic E-state index is 14.1. The molecule has 0 heterocycles. The minimum atomic E-state index is -3.84. The third-order valence-corrected chi connectivity index (χ3v) is 8.19. The van der Waals surface area contributed by atoms with E-state index in [0.717, 1.165) is 32.6 Å². The molecule has 2 atom stereocenters. The molecule has 0 radical (unpaired) electrons. The van der Waals surface area contributed by atoms with Crippen LogP contribution in [0.4, 0.5) is 5.69 Å². The Morgan fingerprint density at radius 3 is 2.20 bits per heavy atom. The summed E-state index contributed by atoms with van der Waals surface area (Å²) in [4.78, 5) is 29.2. The van der Waals surface area contributed by atoms with Crippen LogP contribution in [0.25, 0.3) is 0 Å². The van der Waals surface area contributed by atoms with Gasteiger partial charge in [-0.15, -0.1) is 0 Å². The molecule has 0 aliphatic carbocycles. The van der Waals surface area contributed by atoms with Crippen molar-refractivity contribution in [2.75, 3.05) is 24.2 Å². The van der Waals surface area contributed by atoms with E-state index >= 15 is 0 Å². The lowest BCUT2D eigenvalue weighted by molar-refractivity contribution is -0.140. The first-order chi connectivity index (χ1) is 19.0. The number of carbonyl (C=O) groups is 2. The molecule has 1 N–H and O–H groups in total. The fourth-order valence-electron chi connectivity index (χ4n) is 4.19. The van der Waals surface area contributed by atoms with E-state index in [-0.39, 0.29) is 24.9 Å². The topological polar surface area (TPSA) is 96.0 Å². The number of hydrogen-bond acceptors (Lipinski definition) is 5. The summed E-state index contributed by atoms with van der Waals surface area (Å²) in [7, 11) is -2.32. The number of anilines is 1. The van der Waals surface area contributed by atoms with Gasteiger partial charge in [-0.05, 0) is 60.9 Å². The van der Waals surface area contributed by atoms with Crippen LogP contribution in [0.2, 0.25) is 0 Å². The molecule has 0 bridgehead atoms. The van der Waals surface area contributed by atoms with Gasteiger partial charge >= 0.3 is 0 Å². The quantitative estimate of drug-likeness (QED) is 0.294. The molecule has 0 aliphatic rings. The molecule has 0 saturated heterocycles. The highest BCUT2D eigenvalue weighted by Gasteiger charge is 2.33. The van der Waals surface area contributed by atoms with Gasteiger partial charge in [-0.25, -0.2) is 8.42 Å². The molecule has 3 aromatic rings. The van der Waals surface area contributed by atoms with Crippen molar-refractivity contribution in [1.29, 1.82) is 0 Å². The largest absolute Gasteiger partial charge is 0.497 e. The Hall–Kier alpha value is -3.37. The number of carbonyl (C=O) groups excluding carboxylic acids is 2. The van der Waals surface area contributed by atoms with Gasteiger partial charge in [0.05, 0.1) is 19.1 Å². The number of nitrogens with one attached hydrogen (secondary N) is 1. The summed E-state index contributed by atoms with van der Waals surface area (Å²) < 4.78 is 32.8. The molecule has 0 fully saturated rings. The van der Waals surface area contributed by atoms with Crippen LogP contribution >= 0.6 is 15.9 Å². The van der Waals surface area contributed by atoms with Crippen molar-refractivity contribution in [2.45, 2.75) is 45.3 Å². The maximum absolute atomic E-state index is 14.1. The smallest absolute Gasteiger partial charge is 0.244 e. The minimum absolute atomic E-state index is 0.0968. The molecule has 0 aromatic heterocycles. The number of rotatable bonds is 13. The fourth-order valence-corrected chi connectivity index (χ4v) is 5.49. The molecular weight excluding hydrogens is 594 g/mol. The minimum Gasteiger partial charge on any atom is -0.497 e. The Balaban J connectivity index is 2.05. The van der Waals surface area contributed by atoms with Crippen LogP contribution in [-0.4, -0.2) is 57.1 Å². The van der Waals surface area contributed by atoms with Gasteiger partial charge in [-0.1, -0.05) is 65.3 Å². The van der Waals surface area contributed by atoms with E-state index in [1.54, 1.807) is 24.3 Å². The van der Waals surface area contributed by atoms with E-state index in [9.17, 15) is 18.0 Å². The van der Waals surface area contributed by atoms with Gasteiger partial charge in [0.25, 0.3) is 0 Å². The zero-order chi connectivity index (χ0) is 29.3. The Kier molecular flexibility index (Phi) is 11.2. The average Bonchev–Trinajstić information content (AvgIpc) is 2.93. The Morgan fingerprint density at radius 2 is 1.62 bits per heavy atom. The Bertz CT molecular complexity index is 1380. The van der Waals surface area contributed by atoms with Crippen LogP contribution in [0, 0.1) is 0 Å². The van der Waals surface area contributed by atoms with Crippen LogP contribution < -0.4 is 14.4 Å². The van der Waals surface area contributed by atoms with E-state index in [0.29, 0.717) is 11.4 Å². The fraction of sp³-hybridized carbons (Fsp3) is 0.333. The molecule has 0 saturated carbocycles. The summed E-state index contributed by atoms with van der Waals surface area (Å²) in [6.45, 7) is 3.53. The lowest BCUT2D eigenvalue weighted by Gasteiger charge is -2.34. The van der Waals surface area contributed by atoms with Crippen LogP contribution in [0.15, 0.2) is 83.3 Å². The number of hydrogen-bond donors (Lipinski definition) is 1. The van der Waals surface area contributed by atoms with Crippen molar-refractivity contribution in [3.63, 3.8) is 0 Å². The predicted octanol–water partition coefficient (Wildman–Crippen LogP) is 4.78. The van der Waals surface area contributed by atoms with Gasteiger partial charge in [-0.3, -0.25) is 13.9 Å². The van der Waals surface area contributed by atoms with Crippen molar-refractivity contribution < 1.29 is 22.7 Å². The number of benzene rings is 3. The maximum Gasteiger partial charge on any atom is 0.244 e. The number of amides is 2. The number of methoxy groups -OCH3 is 1. The summed E-state index contributed by atoms with van der Waals surface area (Å²) in [6, 6.07) is 22.4. The summed E-state index contributed by atoms with van der Waals surface area (Å²) >= 11 is 3.48. The van der Waals surface area contributed by atoms with E-state index in [2.05, 4.69) is 21.2 Å². The van der Waals surface area contributed by atoms with Crippen molar-refractivity contribution >= 4 is 43.5 Å². The van der Waals surface area contributed by atoms with Gasteiger partial charge in [0.15, 0.2) is 0 Å². The molecule has 0 aliphatic heterocycles. The second-order valence-electron chi connectivity index (χ2n) is 9.64. The first-order valence-corrected chi connectivity index (χ1v) is 15.7. The normalized spacial score (nSPS) is 12.7. The highest BCUT2D eigenvalue weighted by atomic mass is 79.9. The third kappa shape index (κ3) is 8.82. The van der Waals surface area contributed by atoms with Crippen LogP contribution in [0.5, 0.6) is 5.75 Å². The van der Waals surface area contributed by atoms with Crippen molar-refractivity contribution in [1.82, 2.24) is 10.2 Å². The predicted molar refractivity (Wildman–Crippen MR) is 162 cm³/mol. The third-order valence-electron chi connectivity index (χ3n) is 6.55. The zero-order valence-corrected chi connectivity index (χ0v) is 25.6. The van der Waals surface area contributed by atoms with Crippen molar-refractivity contribution in [3.05, 3.63) is 94.5 Å². The molecule has 8 nitrogen and oxygen atoms in total. The van der Waals surface area contributed by atoms with Crippen molar-refractivity contribution in [3.8, 4) is 5.75 Å². The van der Waals surface area contributed by atoms with E-state index < -0.39 is 28.5 Å². The van der Waals surface area contributed by atoms with Gasteiger partial charge in [0.1, 0.15) is 18.3 Å². The monoisotopic (exact) mass is 629 g/mol. The number of ether oxygens (including phenoxy) is 1. The number of halogens is 1. The molecule has 0 spiro atoms. The first-order valence-electron chi connectivity index (χ1n) is 13.0. The van der Waals surface area contributed by atoms with Gasteiger partial charge < -0.3 is 15.0 Å². The second kappa shape index (κ2) is 14.3. The summed E-state index contributed by atoms with van der Waals surface area (Å²) in [5.74, 6) is -0.234. The van der Waals surface area contributed by atoms with Crippen LogP contribution in [0.3, 0.4) is 0 Å². The highest BCUT2D eigenvalue weighted by molar-refractivity contribution is 9.10. The molecule has 40 heavy (non-hydrogen) atoms. The highest BCUT2D eigenvalue weighted by Crippen LogP contribution is 2.23. The van der Waals surface area contributed by atoms with E-state index in [1.165, 1.54) is 12.0 Å². The van der Waals surface area contributed by atoms with Crippen LogP contribution in [0.1, 0.15) is 31.4 Å². The van der Waals surface area contributed by atoms with Gasteiger partial charge in [-0.2, -0.15) is 0 Å².